The van der Waals surface area contributed by atoms with Crippen molar-refractivity contribution in [3.8, 4) is 17.7 Å². The molecular weight excluding hydrogens is 252 g/mol. The average Bonchev–Trinajstić information content (AvgIpc) is 2.77. The molecule has 2 heterocycles. The summed E-state index contributed by atoms with van der Waals surface area (Å²) in [5.41, 5.74) is 2.06. The van der Waals surface area contributed by atoms with Crippen LogP contribution in [0.3, 0.4) is 0 Å². The zero-order valence-electron chi connectivity index (χ0n) is 11.2. The molecule has 0 N–H and O–H groups in total. The standard InChI is InChI=1S/C15H12N4O/c1-10-7-14(19(2)18-10)20-15-11(8-16)9-17-13-6-4-3-5-12(13)15/h3-7,9H,1-2H3. The van der Waals surface area contributed by atoms with Crippen LogP contribution in [0.5, 0.6) is 11.6 Å². The summed E-state index contributed by atoms with van der Waals surface area (Å²) in [7, 11) is 1.80. The number of para-hydroxylation sites is 1. The van der Waals surface area contributed by atoms with Gasteiger partial charge in [0.1, 0.15) is 11.6 Å². The Morgan fingerprint density at radius 2 is 2.10 bits per heavy atom. The first kappa shape index (κ1) is 12.2. The minimum Gasteiger partial charge on any atom is -0.437 e. The van der Waals surface area contributed by atoms with E-state index in [2.05, 4.69) is 16.2 Å². The van der Waals surface area contributed by atoms with Gasteiger partial charge in [0, 0.05) is 24.7 Å². The van der Waals surface area contributed by atoms with Gasteiger partial charge in [0.15, 0.2) is 5.75 Å². The second-order valence-corrected chi connectivity index (χ2v) is 4.48. The molecule has 3 aromatic rings. The van der Waals surface area contributed by atoms with Crippen molar-refractivity contribution in [2.45, 2.75) is 6.92 Å². The molecule has 0 radical (unpaired) electrons. The number of ether oxygens (including phenoxy) is 1. The van der Waals surface area contributed by atoms with E-state index in [0.29, 0.717) is 17.2 Å². The highest BCUT2D eigenvalue weighted by Gasteiger charge is 2.13. The van der Waals surface area contributed by atoms with E-state index in [4.69, 9.17) is 4.74 Å². The van der Waals surface area contributed by atoms with E-state index in [1.807, 2.05) is 37.3 Å². The lowest BCUT2D eigenvalue weighted by Gasteiger charge is -2.09. The molecule has 0 atom stereocenters. The Labute approximate surface area is 116 Å². The second-order valence-electron chi connectivity index (χ2n) is 4.48. The number of nitrogens with zero attached hydrogens (tertiary/aromatic N) is 4. The van der Waals surface area contributed by atoms with Gasteiger partial charge in [-0.1, -0.05) is 12.1 Å². The van der Waals surface area contributed by atoms with Crippen LogP contribution in [0.25, 0.3) is 10.9 Å². The van der Waals surface area contributed by atoms with Crippen LogP contribution >= 0.6 is 0 Å². The van der Waals surface area contributed by atoms with E-state index < -0.39 is 0 Å². The fourth-order valence-corrected chi connectivity index (χ4v) is 2.09. The van der Waals surface area contributed by atoms with Gasteiger partial charge in [-0.3, -0.25) is 4.98 Å². The van der Waals surface area contributed by atoms with Gasteiger partial charge in [-0.05, 0) is 19.1 Å². The molecule has 3 rings (SSSR count). The molecule has 5 heteroatoms. The summed E-state index contributed by atoms with van der Waals surface area (Å²) in [6, 6.07) is 11.5. The van der Waals surface area contributed by atoms with Gasteiger partial charge in [-0.15, -0.1) is 0 Å². The highest BCUT2D eigenvalue weighted by molar-refractivity contribution is 5.87. The van der Waals surface area contributed by atoms with Gasteiger partial charge >= 0.3 is 0 Å². The van der Waals surface area contributed by atoms with Crippen molar-refractivity contribution >= 4 is 10.9 Å². The van der Waals surface area contributed by atoms with E-state index in [0.717, 1.165) is 16.6 Å². The Hall–Kier alpha value is -2.87. The molecule has 0 bridgehead atoms. The zero-order valence-corrected chi connectivity index (χ0v) is 11.2. The number of aryl methyl sites for hydroxylation is 2. The van der Waals surface area contributed by atoms with Crippen LogP contribution in [0.2, 0.25) is 0 Å². The Bertz CT molecular complexity index is 829. The summed E-state index contributed by atoms with van der Waals surface area (Å²) >= 11 is 0. The van der Waals surface area contributed by atoms with E-state index in [1.165, 1.54) is 6.20 Å². The maximum atomic E-state index is 9.24. The molecule has 0 aliphatic carbocycles. The fraction of sp³-hybridized carbons (Fsp3) is 0.133. The minimum atomic E-state index is 0.405. The molecule has 0 spiro atoms. The smallest absolute Gasteiger partial charge is 0.217 e. The summed E-state index contributed by atoms with van der Waals surface area (Å²) in [6.45, 7) is 1.89. The first-order chi connectivity index (χ1) is 9.69. The summed E-state index contributed by atoms with van der Waals surface area (Å²) in [5, 5.41) is 14.3. The highest BCUT2D eigenvalue weighted by atomic mass is 16.5. The molecular formula is C15H12N4O. The first-order valence-electron chi connectivity index (χ1n) is 6.15. The van der Waals surface area contributed by atoms with E-state index in [1.54, 1.807) is 11.7 Å². The van der Waals surface area contributed by atoms with Crippen molar-refractivity contribution in [1.29, 1.82) is 5.26 Å². The van der Waals surface area contributed by atoms with Crippen LogP contribution < -0.4 is 4.74 Å². The van der Waals surface area contributed by atoms with Crippen LogP contribution in [-0.4, -0.2) is 14.8 Å². The number of hydrogen-bond acceptors (Lipinski definition) is 4. The summed E-state index contributed by atoms with van der Waals surface area (Å²) in [6.07, 6.45) is 1.53. The summed E-state index contributed by atoms with van der Waals surface area (Å²) in [5.74, 6) is 1.11. The average molecular weight is 264 g/mol. The Balaban J connectivity index is 2.19. The Morgan fingerprint density at radius 1 is 1.30 bits per heavy atom. The maximum absolute atomic E-state index is 9.24. The van der Waals surface area contributed by atoms with Gasteiger partial charge in [0.05, 0.1) is 11.2 Å². The quantitative estimate of drug-likeness (QED) is 0.713. The van der Waals surface area contributed by atoms with Crippen molar-refractivity contribution in [3.63, 3.8) is 0 Å². The number of benzene rings is 1. The van der Waals surface area contributed by atoms with Crippen LogP contribution in [0.4, 0.5) is 0 Å². The molecule has 0 aliphatic rings. The number of hydrogen-bond donors (Lipinski definition) is 0. The SMILES string of the molecule is Cc1cc(Oc2c(C#N)cnc3ccccc23)n(C)n1. The number of rotatable bonds is 2. The third-order valence-electron chi connectivity index (χ3n) is 3.01. The number of pyridine rings is 1. The summed E-state index contributed by atoms with van der Waals surface area (Å²) < 4.78 is 7.55. The van der Waals surface area contributed by atoms with Crippen LogP contribution in [0.1, 0.15) is 11.3 Å². The molecule has 0 saturated carbocycles. The summed E-state index contributed by atoms with van der Waals surface area (Å²) in [4.78, 5) is 4.26. The lowest BCUT2D eigenvalue weighted by molar-refractivity contribution is 0.433. The van der Waals surface area contributed by atoms with Gasteiger partial charge in [-0.2, -0.15) is 10.4 Å². The van der Waals surface area contributed by atoms with Crippen molar-refractivity contribution in [2.75, 3.05) is 0 Å². The molecule has 0 aliphatic heterocycles. The fourth-order valence-electron chi connectivity index (χ4n) is 2.09. The van der Waals surface area contributed by atoms with Gasteiger partial charge in [-0.25, -0.2) is 4.68 Å². The highest BCUT2D eigenvalue weighted by Crippen LogP contribution is 2.32. The van der Waals surface area contributed by atoms with E-state index in [9.17, 15) is 5.26 Å². The third-order valence-corrected chi connectivity index (χ3v) is 3.01. The third kappa shape index (κ3) is 1.97. The molecule has 20 heavy (non-hydrogen) atoms. The number of nitriles is 1. The predicted octanol–water partition coefficient (Wildman–Crippen LogP) is 2.94. The van der Waals surface area contributed by atoms with Crippen LogP contribution in [0.15, 0.2) is 36.5 Å². The van der Waals surface area contributed by atoms with Gasteiger partial charge < -0.3 is 4.74 Å². The van der Waals surface area contributed by atoms with Gasteiger partial charge in [0.25, 0.3) is 0 Å². The van der Waals surface area contributed by atoms with Crippen molar-refractivity contribution in [2.24, 2.45) is 7.05 Å². The first-order valence-corrected chi connectivity index (χ1v) is 6.15. The molecule has 5 nitrogen and oxygen atoms in total. The topological polar surface area (TPSA) is 63.7 Å². The molecule has 0 amide bonds. The van der Waals surface area contributed by atoms with Crippen molar-refractivity contribution < 1.29 is 4.74 Å². The molecule has 2 aromatic heterocycles. The molecule has 98 valence electrons. The largest absolute Gasteiger partial charge is 0.437 e. The lowest BCUT2D eigenvalue weighted by atomic mass is 10.1. The van der Waals surface area contributed by atoms with Crippen LogP contribution in [0, 0.1) is 18.3 Å². The normalized spacial score (nSPS) is 10.4. The Kier molecular flexibility index (Phi) is 2.84. The zero-order chi connectivity index (χ0) is 14.1. The maximum Gasteiger partial charge on any atom is 0.217 e. The lowest BCUT2D eigenvalue weighted by Crippen LogP contribution is -1.98. The monoisotopic (exact) mass is 264 g/mol. The van der Waals surface area contributed by atoms with E-state index >= 15 is 0 Å². The minimum absolute atomic E-state index is 0.405. The second kappa shape index (κ2) is 4.67. The van der Waals surface area contributed by atoms with Gasteiger partial charge in [0.2, 0.25) is 5.88 Å². The Morgan fingerprint density at radius 3 is 2.80 bits per heavy atom. The molecule has 0 unspecified atom stereocenters. The van der Waals surface area contributed by atoms with Crippen molar-refractivity contribution in [3.05, 3.63) is 47.8 Å². The number of aromatic nitrogens is 3. The predicted molar refractivity (Wildman–Crippen MR) is 74.5 cm³/mol. The molecule has 0 saturated heterocycles. The number of fused-ring (bicyclic) bond motifs is 1. The molecule has 0 fully saturated rings. The molecule has 1 aromatic carbocycles. The van der Waals surface area contributed by atoms with Crippen molar-refractivity contribution in [1.82, 2.24) is 14.8 Å². The van der Waals surface area contributed by atoms with E-state index in [-0.39, 0.29) is 0 Å². The van der Waals surface area contributed by atoms with Crippen LogP contribution in [-0.2, 0) is 7.05 Å².